The molecule has 30 heavy (non-hydrogen) atoms. The number of aliphatic imine (C=N–C) groups is 1. The van der Waals surface area contributed by atoms with Crippen LogP contribution >= 0.6 is 27.7 Å². The molecule has 0 aromatic heterocycles. The van der Waals surface area contributed by atoms with E-state index >= 15 is 0 Å². The van der Waals surface area contributed by atoms with Crippen molar-refractivity contribution in [1.29, 1.82) is 0 Å². The molecule has 8 nitrogen and oxygen atoms in total. The van der Waals surface area contributed by atoms with Crippen LogP contribution in [0.3, 0.4) is 0 Å². The normalized spacial score (nSPS) is 24.0. The first-order valence-electron chi connectivity index (χ1n) is 9.04. The summed E-state index contributed by atoms with van der Waals surface area (Å²) < 4.78 is 44.4. The summed E-state index contributed by atoms with van der Waals surface area (Å²) in [5.41, 5.74) is -0.568. The number of sulfone groups is 1. The molecule has 1 aromatic rings. The second-order valence-corrected chi connectivity index (χ2v) is 12.2. The van der Waals surface area contributed by atoms with Gasteiger partial charge in [-0.3, -0.25) is 4.79 Å². The van der Waals surface area contributed by atoms with Gasteiger partial charge in [0.2, 0.25) is 0 Å². The third kappa shape index (κ3) is 5.52. The lowest BCUT2D eigenvalue weighted by Gasteiger charge is -2.25. The van der Waals surface area contributed by atoms with E-state index in [4.69, 9.17) is 4.74 Å². The molecule has 3 rings (SSSR count). The van der Waals surface area contributed by atoms with E-state index < -0.39 is 45.8 Å². The van der Waals surface area contributed by atoms with E-state index in [9.17, 15) is 22.4 Å². The van der Waals surface area contributed by atoms with Gasteiger partial charge in [0.1, 0.15) is 18.0 Å². The summed E-state index contributed by atoms with van der Waals surface area (Å²) in [5, 5.41) is 2.18. The topological polar surface area (TPSA) is 105 Å². The predicted molar refractivity (Wildman–Crippen MR) is 117 cm³/mol. The van der Waals surface area contributed by atoms with Crippen LogP contribution in [0.5, 0.6) is 0 Å². The van der Waals surface area contributed by atoms with E-state index in [1.807, 2.05) is 0 Å². The minimum atomic E-state index is -3.27. The van der Waals surface area contributed by atoms with E-state index in [-0.39, 0.29) is 27.6 Å². The molecular weight excluding hydrogens is 501 g/mol. The summed E-state index contributed by atoms with van der Waals surface area (Å²) in [7, 11) is -3.27. The molecule has 0 saturated carbocycles. The molecule has 0 aliphatic carbocycles. The van der Waals surface area contributed by atoms with Gasteiger partial charge in [-0.15, -0.1) is 0 Å². The Hall–Kier alpha value is -1.66. The highest BCUT2D eigenvalue weighted by Gasteiger charge is 2.50. The summed E-state index contributed by atoms with van der Waals surface area (Å²) in [6.45, 7) is 4.69. The second-order valence-electron chi connectivity index (χ2n) is 7.91. The average molecular weight is 522 g/mol. The summed E-state index contributed by atoms with van der Waals surface area (Å²) in [6.07, 6.45) is -0.756. The molecule has 12 heteroatoms. The van der Waals surface area contributed by atoms with E-state index in [0.717, 1.165) is 11.8 Å². The number of thioether (sulfide) groups is 1. The second kappa shape index (κ2) is 8.46. The quantitative estimate of drug-likeness (QED) is 0.651. The van der Waals surface area contributed by atoms with Crippen LogP contribution in [0.4, 0.5) is 14.9 Å². The third-order valence-electron chi connectivity index (χ3n) is 4.24. The Morgan fingerprint density at radius 3 is 2.70 bits per heavy atom. The Morgan fingerprint density at radius 1 is 1.37 bits per heavy atom. The highest BCUT2D eigenvalue weighted by Crippen LogP contribution is 2.42. The number of hydrogen-bond donors (Lipinski definition) is 1. The molecule has 2 aliphatic rings. The Labute approximate surface area is 186 Å². The summed E-state index contributed by atoms with van der Waals surface area (Å²) in [5.74, 6) is -1.44. The first kappa shape index (κ1) is 23.0. The van der Waals surface area contributed by atoms with Crippen molar-refractivity contribution in [1.82, 2.24) is 5.32 Å². The van der Waals surface area contributed by atoms with Gasteiger partial charge in [-0.2, -0.15) is 4.99 Å². The number of carbonyl (C=O) groups is 2. The van der Waals surface area contributed by atoms with Crippen LogP contribution in [0.15, 0.2) is 27.7 Å². The number of halogens is 2. The molecule has 2 atom stereocenters. The maximum Gasteiger partial charge on any atom is 0.408 e. The van der Waals surface area contributed by atoms with Crippen LogP contribution < -0.4 is 10.2 Å². The van der Waals surface area contributed by atoms with Crippen molar-refractivity contribution in [2.24, 2.45) is 4.99 Å². The van der Waals surface area contributed by atoms with Gasteiger partial charge in [0.25, 0.3) is 5.91 Å². The largest absolute Gasteiger partial charge is 0.444 e. The smallest absolute Gasteiger partial charge is 0.408 e. The molecule has 1 N–H and O–H groups in total. The van der Waals surface area contributed by atoms with Crippen molar-refractivity contribution in [3.05, 3.63) is 28.5 Å². The van der Waals surface area contributed by atoms with Crippen molar-refractivity contribution in [3.63, 3.8) is 0 Å². The van der Waals surface area contributed by atoms with Crippen molar-refractivity contribution < 1.29 is 27.1 Å². The highest BCUT2D eigenvalue weighted by molar-refractivity contribution is 9.10. The number of hydrogen-bond acceptors (Lipinski definition) is 6. The number of nitrogens with one attached hydrogen (secondary N) is 1. The molecule has 0 bridgehead atoms. The highest BCUT2D eigenvalue weighted by atomic mass is 79.9. The number of rotatable bonds is 3. The van der Waals surface area contributed by atoms with Gasteiger partial charge >= 0.3 is 6.09 Å². The van der Waals surface area contributed by atoms with Gasteiger partial charge in [0.15, 0.2) is 15.0 Å². The number of alkyl carbamates (subject to hydrolysis) is 1. The summed E-state index contributed by atoms with van der Waals surface area (Å²) in [6, 6.07) is 3.87. The van der Waals surface area contributed by atoms with E-state index in [0.29, 0.717) is 4.47 Å². The van der Waals surface area contributed by atoms with Crippen LogP contribution in [0, 0.1) is 5.82 Å². The molecular formula is C18H21BrFN3O5S2. The Balaban J connectivity index is 1.82. The van der Waals surface area contributed by atoms with Crippen LogP contribution in [-0.2, 0) is 19.4 Å². The number of benzene rings is 1. The number of ether oxygens (including phenoxy) is 1. The monoisotopic (exact) mass is 521 g/mol. The van der Waals surface area contributed by atoms with Crippen molar-refractivity contribution in [3.8, 4) is 0 Å². The first-order chi connectivity index (χ1) is 13.8. The summed E-state index contributed by atoms with van der Waals surface area (Å²) >= 11 is 4.32. The number of amidine groups is 1. The van der Waals surface area contributed by atoms with Gasteiger partial charge in [-0.05, 0) is 39.0 Å². The van der Waals surface area contributed by atoms with Gasteiger partial charge in [-0.1, -0.05) is 27.7 Å². The molecule has 2 fully saturated rings. The lowest BCUT2D eigenvalue weighted by molar-refractivity contribution is -0.117. The summed E-state index contributed by atoms with van der Waals surface area (Å²) in [4.78, 5) is 29.5. The Bertz CT molecular complexity index is 1010. The van der Waals surface area contributed by atoms with Gasteiger partial charge < -0.3 is 15.0 Å². The number of anilines is 1. The van der Waals surface area contributed by atoms with Crippen LogP contribution in [0.1, 0.15) is 20.8 Å². The van der Waals surface area contributed by atoms with E-state index in [1.165, 1.54) is 17.0 Å². The van der Waals surface area contributed by atoms with Crippen LogP contribution in [0.25, 0.3) is 0 Å². The minimum absolute atomic E-state index is 0.0691. The standard InChI is InChI=1S/C18H21BrFN3O5S2/c1-18(2,3)28-17(25)21-7-15(24)22-16-23(12-5-4-10(19)6-11(12)20)13-8-30(26,27)9-14(13)29-16/h4-6,13-14H,7-9H2,1-3H3,(H,21,25)/t13-,14-/m0/s1. The lowest BCUT2D eigenvalue weighted by atomic mass is 10.2. The molecule has 0 radical (unpaired) electrons. The molecule has 0 unspecified atom stereocenters. The molecule has 2 saturated heterocycles. The molecule has 2 amide bonds. The van der Waals surface area contributed by atoms with Crippen LogP contribution in [0.2, 0.25) is 0 Å². The fraction of sp³-hybridized carbons (Fsp3) is 0.500. The average Bonchev–Trinajstić information content (AvgIpc) is 3.03. The third-order valence-corrected chi connectivity index (χ3v) is 7.94. The Morgan fingerprint density at radius 2 is 2.07 bits per heavy atom. The zero-order valence-corrected chi connectivity index (χ0v) is 19.7. The molecule has 0 spiro atoms. The fourth-order valence-corrected chi connectivity index (χ4v) is 7.39. The van der Waals surface area contributed by atoms with E-state index in [1.54, 1.807) is 26.8 Å². The minimum Gasteiger partial charge on any atom is -0.444 e. The number of nitrogens with zero attached hydrogens (tertiary/aromatic N) is 2. The van der Waals surface area contributed by atoms with Crippen LogP contribution in [-0.4, -0.2) is 60.5 Å². The van der Waals surface area contributed by atoms with Crippen molar-refractivity contribution in [2.75, 3.05) is 23.0 Å². The number of carbonyl (C=O) groups excluding carboxylic acids is 2. The van der Waals surface area contributed by atoms with Gasteiger partial charge in [0.05, 0.1) is 23.2 Å². The number of amides is 2. The fourth-order valence-electron chi connectivity index (χ4n) is 3.13. The van der Waals surface area contributed by atoms with Crippen molar-refractivity contribution in [2.45, 2.75) is 37.7 Å². The predicted octanol–water partition coefficient (Wildman–Crippen LogP) is 2.71. The Kier molecular flexibility index (Phi) is 6.49. The zero-order valence-electron chi connectivity index (χ0n) is 16.5. The maximum absolute atomic E-state index is 14.6. The molecule has 2 aliphatic heterocycles. The van der Waals surface area contributed by atoms with Gasteiger partial charge in [0, 0.05) is 9.72 Å². The SMILES string of the molecule is CC(C)(C)OC(=O)NCC(=O)N=C1S[C@H]2CS(=O)(=O)C[C@@H]2N1c1ccc(Br)cc1F. The van der Waals surface area contributed by atoms with E-state index in [2.05, 4.69) is 26.2 Å². The maximum atomic E-state index is 14.6. The molecule has 2 heterocycles. The first-order valence-corrected chi connectivity index (χ1v) is 12.5. The molecule has 164 valence electrons. The molecule has 1 aromatic carbocycles. The zero-order chi connectivity index (χ0) is 22.3. The number of fused-ring (bicyclic) bond motifs is 1. The van der Waals surface area contributed by atoms with Crippen molar-refractivity contribution >= 4 is 60.4 Å². The van der Waals surface area contributed by atoms with Gasteiger partial charge in [-0.25, -0.2) is 17.6 Å². The lowest BCUT2D eigenvalue weighted by Crippen LogP contribution is -2.39.